The van der Waals surface area contributed by atoms with Gasteiger partial charge in [0.05, 0.1) is 36.0 Å². The quantitative estimate of drug-likeness (QED) is 0.462. The second kappa shape index (κ2) is 11.7. The molecule has 0 aromatic heterocycles. The second-order valence-corrected chi connectivity index (χ2v) is 10.5. The van der Waals surface area contributed by atoms with Gasteiger partial charge in [0.15, 0.2) is 5.75 Å². The number of hydrogen-bond acceptors (Lipinski definition) is 5. The van der Waals surface area contributed by atoms with Crippen molar-refractivity contribution in [3.05, 3.63) is 53.6 Å². The Morgan fingerprint density at radius 1 is 1.15 bits per heavy atom. The van der Waals surface area contributed by atoms with Crippen LogP contribution in [0.25, 0.3) is 0 Å². The number of fused-ring (bicyclic) bond motifs is 1. The van der Waals surface area contributed by atoms with Gasteiger partial charge in [0, 0.05) is 31.1 Å². The maximum atomic E-state index is 13.5. The summed E-state index contributed by atoms with van der Waals surface area (Å²) in [5.41, 5.74) is -0.0616. The molecule has 40 heavy (non-hydrogen) atoms. The smallest absolute Gasteiger partial charge is 0.416 e. The van der Waals surface area contributed by atoms with Crippen LogP contribution in [0.5, 0.6) is 5.75 Å². The summed E-state index contributed by atoms with van der Waals surface area (Å²) in [4.78, 5) is 41.9. The van der Waals surface area contributed by atoms with Gasteiger partial charge in [-0.3, -0.25) is 9.59 Å². The molecule has 2 aliphatic rings. The third-order valence-corrected chi connectivity index (χ3v) is 7.16. The lowest BCUT2D eigenvalue weighted by Gasteiger charge is -2.38. The van der Waals surface area contributed by atoms with E-state index in [0.717, 1.165) is 25.0 Å². The van der Waals surface area contributed by atoms with Gasteiger partial charge in [-0.1, -0.05) is 13.0 Å². The summed E-state index contributed by atoms with van der Waals surface area (Å²) < 4.78 is 45.0. The zero-order valence-electron chi connectivity index (χ0n) is 22.5. The Labute approximate surface area is 230 Å². The van der Waals surface area contributed by atoms with E-state index in [-0.39, 0.29) is 60.3 Å². The third kappa shape index (κ3) is 6.67. The third-order valence-electron chi connectivity index (χ3n) is 7.16. The number of carbonyl (C=O) groups excluding carboxylic acids is 3. The van der Waals surface area contributed by atoms with E-state index in [1.165, 1.54) is 24.1 Å². The second-order valence-electron chi connectivity index (χ2n) is 10.5. The molecule has 1 aliphatic heterocycles. The van der Waals surface area contributed by atoms with E-state index in [9.17, 15) is 32.7 Å². The molecule has 0 spiro atoms. The molecule has 1 heterocycles. The number of aliphatic hydroxyl groups is 1. The van der Waals surface area contributed by atoms with Crippen LogP contribution in [0.1, 0.15) is 42.6 Å². The van der Waals surface area contributed by atoms with Crippen LogP contribution in [-0.2, 0) is 11.0 Å². The number of para-hydroxylation sites is 1. The van der Waals surface area contributed by atoms with Crippen LogP contribution >= 0.6 is 0 Å². The maximum Gasteiger partial charge on any atom is 0.416 e. The fraction of sp³-hybridized carbons (Fsp3) is 0.464. The number of amides is 4. The van der Waals surface area contributed by atoms with Crippen LogP contribution in [0.3, 0.4) is 0 Å². The molecule has 12 heteroatoms. The largest absolute Gasteiger partial charge is 0.485 e. The Morgan fingerprint density at radius 3 is 2.42 bits per heavy atom. The number of alkyl halides is 3. The van der Waals surface area contributed by atoms with Gasteiger partial charge in [-0.05, 0) is 56.2 Å². The Bertz CT molecular complexity index is 1250. The zero-order chi connectivity index (χ0) is 29.2. The molecule has 4 rings (SSSR count). The van der Waals surface area contributed by atoms with Crippen molar-refractivity contribution in [2.45, 2.75) is 45.0 Å². The normalized spacial score (nSPS) is 20.0. The Morgan fingerprint density at radius 2 is 1.82 bits per heavy atom. The first kappa shape index (κ1) is 29.2. The topological polar surface area (TPSA) is 111 Å². The predicted molar refractivity (Wildman–Crippen MR) is 142 cm³/mol. The summed E-state index contributed by atoms with van der Waals surface area (Å²) in [5.74, 6) is -0.715. The summed E-state index contributed by atoms with van der Waals surface area (Å²) in [7, 11) is 1.52. The van der Waals surface area contributed by atoms with Crippen LogP contribution in [0.4, 0.5) is 29.3 Å². The van der Waals surface area contributed by atoms with Gasteiger partial charge >= 0.3 is 12.2 Å². The standard InChI is InChI=1S/C28H33F3N4O5/c1-16-13-35(17(2)15-36)26(38)21-5-4-6-22(33-25(37)18-7-8-18)24(21)40-23(16)14-34(3)27(39)32-20-11-9-19(10-12-20)28(29,30)31/h4-6,9-12,16-18,23,36H,7-8,13-15H2,1-3H3,(H,32,39)(H,33,37)/t16-,17+,23+/m1/s1. The zero-order valence-corrected chi connectivity index (χ0v) is 22.5. The van der Waals surface area contributed by atoms with Crippen molar-refractivity contribution < 1.29 is 37.4 Å². The van der Waals surface area contributed by atoms with Crippen LogP contribution in [0.2, 0.25) is 0 Å². The minimum absolute atomic E-state index is 0.0630. The number of rotatable bonds is 7. The fourth-order valence-corrected chi connectivity index (χ4v) is 4.45. The number of hydrogen-bond donors (Lipinski definition) is 3. The van der Waals surface area contributed by atoms with Crippen molar-refractivity contribution in [1.82, 2.24) is 9.80 Å². The highest BCUT2D eigenvalue weighted by Gasteiger charge is 2.36. The van der Waals surface area contributed by atoms with Gasteiger partial charge < -0.3 is 30.3 Å². The molecule has 1 fully saturated rings. The molecule has 3 N–H and O–H groups in total. The molecule has 216 valence electrons. The average molecular weight is 563 g/mol. The first-order valence-corrected chi connectivity index (χ1v) is 13.1. The van der Waals surface area contributed by atoms with Crippen LogP contribution in [-0.4, -0.2) is 71.6 Å². The molecule has 0 bridgehead atoms. The van der Waals surface area contributed by atoms with Crippen molar-refractivity contribution in [1.29, 1.82) is 0 Å². The molecule has 4 amide bonds. The molecule has 2 aromatic carbocycles. The van der Waals surface area contributed by atoms with Gasteiger partial charge in [-0.2, -0.15) is 13.2 Å². The number of benzene rings is 2. The molecule has 0 radical (unpaired) electrons. The van der Waals surface area contributed by atoms with Gasteiger partial charge in [-0.25, -0.2) is 4.79 Å². The number of nitrogens with one attached hydrogen (secondary N) is 2. The van der Waals surface area contributed by atoms with E-state index < -0.39 is 29.9 Å². The molecule has 1 saturated carbocycles. The van der Waals surface area contributed by atoms with Crippen LogP contribution in [0, 0.1) is 11.8 Å². The fourth-order valence-electron chi connectivity index (χ4n) is 4.45. The SMILES string of the molecule is C[C@@H]1CN([C@@H](C)CO)C(=O)c2cccc(NC(=O)C3CC3)c2O[C@H]1CN(C)C(=O)Nc1ccc(C(F)(F)F)cc1. The molecular formula is C28H33F3N4O5. The molecule has 9 nitrogen and oxygen atoms in total. The lowest BCUT2D eigenvalue weighted by molar-refractivity contribution is -0.137. The van der Waals surface area contributed by atoms with Crippen molar-refractivity contribution in [3.63, 3.8) is 0 Å². The summed E-state index contributed by atoms with van der Waals surface area (Å²) in [6.07, 6.45) is -3.54. The van der Waals surface area contributed by atoms with E-state index in [1.807, 2.05) is 6.92 Å². The average Bonchev–Trinajstić information content (AvgIpc) is 3.76. The number of urea groups is 1. The number of carbonyl (C=O) groups is 3. The summed E-state index contributed by atoms with van der Waals surface area (Å²) in [6.45, 7) is 3.62. The van der Waals surface area contributed by atoms with E-state index in [4.69, 9.17) is 4.74 Å². The Kier molecular flexibility index (Phi) is 8.57. The van der Waals surface area contributed by atoms with Crippen molar-refractivity contribution in [3.8, 4) is 5.75 Å². The number of ether oxygens (including phenoxy) is 1. The number of anilines is 2. The van der Waals surface area contributed by atoms with E-state index in [1.54, 1.807) is 30.0 Å². The highest BCUT2D eigenvalue weighted by Crippen LogP contribution is 2.37. The number of halogens is 3. The van der Waals surface area contributed by atoms with Crippen molar-refractivity contribution in [2.24, 2.45) is 11.8 Å². The van der Waals surface area contributed by atoms with Crippen LogP contribution in [0.15, 0.2) is 42.5 Å². The first-order chi connectivity index (χ1) is 18.9. The molecule has 3 atom stereocenters. The van der Waals surface area contributed by atoms with E-state index >= 15 is 0 Å². The summed E-state index contributed by atoms with van der Waals surface area (Å²) in [5, 5.41) is 15.3. The molecule has 0 saturated heterocycles. The predicted octanol–water partition coefficient (Wildman–Crippen LogP) is 4.44. The maximum absolute atomic E-state index is 13.5. The van der Waals surface area contributed by atoms with Gasteiger partial charge in [0.2, 0.25) is 5.91 Å². The minimum atomic E-state index is -4.49. The van der Waals surface area contributed by atoms with Crippen molar-refractivity contribution in [2.75, 3.05) is 37.4 Å². The first-order valence-electron chi connectivity index (χ1n) is 13.1. The number of aliphatic hydroxyl groups excluding tert-OH is 1. The van der Waals surface area contributed by atoms with E-state index in [0.29, 0.717) is 5.69 Å². The van der Waals surface area contributed by atoms with E-state index in [2.05, 4.69) is 10.6 Å². The van der Waals surface area contributed by atoms with Crippen molar-refractivity contribution >= 4 is 29.2 Å². The molecule has 2 aromatic rings. The van der Waals surface area contributed by atoms with Gasteiger partial charge in [-0.15, -0.1) is 0 Å². The highest BCUT2D eigenvalue weighted by atomic mass is 19.4. The highest BCUT2D eigenvalue weighted by molar-refractivity contribution is 6.02. The monoisotopic (exact) mass is 562 g/mol. The lowest BCUT2D eigenvalue weighted by Crippen LogP contribution is -2.50. The van der Waals surface area contributed by atoms with Gasteiger partial charge in [0.25, 0.3) is 5.91 Å². The molecule has 0 unspecified atom stereocenters. The summed E-state index contributed by atoms with van der Waals surface area (Å²) >= 11 is 0. The van der Waals surface area contributed by atoms with Gasteiger partial charge in [0.1, 0.15) is 6.10 Å². The summed E-state index contributed by atoms with van der Waals surface area (Å²) in [6, 6.07) is 7.95. The molecule has 1 aliphatic carbocycles. The Balaban J connectivity index is 1.57. The lowest BCUT2D eigenvalue weighted by atomic mass is 9.99. The number of nitrogens with zero attached hydrogens (tertiary/aromatic N) is 2. The Hall–Kier alpha value is -3.80. The van der Waals surface area contributed by atoms with Crippen LogP contribution < -0.4 is 15.4 Å². The minimum Gasteiger partial charge on any atom is -0.485 e. The number of likely N-dealkylation sites (N-methyl/N-ethyl adjacent to an activating group) is 1. The molecular weight excluding hydrogens is 529 g/mol.